The second-order valence-electron chi connectivity index (χ2n) is 10.6. The zero-order valence-electron chi connectivity index (χ0n) is 22.4. The number of aromatic nitrogens is 3. The largest absolute Gasteiger partial charge is 0.490 e. The van der Waals surface area contributed by atoms with E-state index in [9.17, 15) is 9.59 Å². The van der Waals surface area contributed by atoms with Gasteiger partial charge < -0.3 is 30.9 Å². The summed E-state index contributed by atoms with van der Waals surface area (Å²) in [4.78, 5) is 34.0. The molecule has 3 aromatic heterocycles. The van der Waals surface area contributed by atoms with E-state index in [0.29, 0.717) is 53.1 Å². The van der Waals surface area contributed by atoms with Gasteiger partial charge in [0.1, 0.15) is 29.1 Å². The predicted molar refractivity (Wildman–Crippen MR) is 156 cm³/mol. The minimum Gasteiger partial charge on any atom is -0.490 e. The Morgan fingerprint density at radius 2 is 2.17 bits per heavy atom. The number of thiophene rings is 1. The number of carbonyl (C=O) groups excluding carboxylic acids is 2. The van der Waals surface area contributed by atoms with Crippen LogP contribution in [-0.2, 0) is 4.79 Å². The van der Waals surface area contributed by atoms with Crippen molar-refractivity contribution in [3.8, 4) is 5.75 Å². The Hall–Kier alpha value is -3.35. The highest BCUT2D eigenvalue weighted by molar-refractivity contribution is 7.18. The quantitative estimate of drug-likeness (QED) is 0.386. The van der Waals surface area contributed by atoms with Crippen LogP contribution in [0.2, 0.25) is 4.34 Å². The van der Waals surface area contributed by atoms with Crippen LogP contribution in [0.4, 0.5) is 11.5 Å². The standard InChI is InChI=1S/C27H33ClN8O3S/c1-16(37)34-9-6-17(12-34)20-10-21(24-26(29)31-15-32-36(20)24)35-8-3-5-18(13-35)33-27(38)25-22(11-23(28)40-25)39-14-19-4-2-7-30-19/h6,10-11,15,18-19,30H,2-5,7-9,12-14H2,1H3,(H,33,38)(H2,29,31,32)/t18-,19?/m1/s1. The Morgan fingerprint density at radius 3 is 2.95 bits per heavy atom. The lowest BCUT2D eigenvalue weighted by molar-refractivity contribution is -0.127. The Balaban J connectivity index is 1.19. The first-order valence-corrected chi connectivity index (χ1v) is 14.8. The van der Waals surface area contributed by atoms with Gasteiger partial charge in [-0.2, -0.15) is 5.10 Å². The predicted octanol–water partition coefficient (Wildman–Crippen LogP) is 2.80. The van der Waals surface area contributed by atoms with Gasteiger partial charge >= 0.3 is 0 Å². The summed E-state index contributed by atoms with van der Waals surface area (Å²) in [6.07, 6.45) is 7.45. The summed E-state index contributed by atoms with van der Waals surface area (Å²) >= 11 is 7.52. The second kappa shape index (κ2) is 11.3. The molecule has 3 aromatic rings. The number of piperidine rings is 1. The van der Waals surface area contributed by atoms with Gasteiger partial charge in [0, 0.05) is 51.3 Å². The van der Waals surface area contributed by atoms with E-state index < -0.39 is 0 Å². The van der Waals surface area contributed by atoms with Gasteiger partial charge in [0.15, 0.2) is 5.82 Å². The number of fused-ring (bicyclic) bond motifs is 1. The highest BCUT2D eigenvalue weighted by Gasteiger charge is 2.29. The molecule has 2 atom stereocenters. The van der Waals surface area contributed by atoms with Gasteiger partial charge in [-0.05, 0) is 43.9 Å². The zero-order chi connectivity index (χ0) is 27.8. The van der Waals surface area contributed by atoms with Crippen molar-refractivity contribution in [1.82, 2.24) is 30.1 Å². The van der Waals surface area contributed by atoms with Crippen LogP contribution in [-0.4, -0.2) is 82.7 Å². The van der Waals surface area contributed by atoms with E-state index in [2.05, 4.69) is 37.8 Å². The van der Waals surface area contributed by atoms with Gasteiger partial charge in [-0.1, -0.05) is 17.7 Å². The first-order valence-electron chi connectivity index (χ1n) is 13.7. The molecule has 0 radical (unpaired) electrons. The van der Waals surface area contributed by atoms with Crippen molar-refractivity contribution in [1.29, 1.82) is 0 Å². The number of carbonyl (C=O) groups is 2. The number of nitrogens with one attached hydrogen (secondary N) is 2. The fraction of sp³-hybridized carbons (Fsp3) is 0.481. The number of hydrogen-bond donors (Lipinski definition) is 3. The van der Waals surface area contributed by atoms with Gasteiger partial charge in [0.2, 0.25) is 5.91 Å². The molecule has 212 valence electrons. The van der Waals surface area contributed by atoms with E-state index in [0.717, 1.165) is 61.2 Å². The molecule has 6 heterocycles. The second-order valence-corrected chi connectivity index (χ2v) is 12.2. The van der Waals surface area contributed by atoms with E-state index >= 15 is 0 Å². The van der Waals surface area contributed by atoms with E-state index in [4.69, 9.17) is 22.1 Å². The molecule has 3 aliphatic heterocycles. The minimum absolute atomic E-state index is 0.0341. The summed E-state index contributed by atoms with van der Waals surface area (Å²) in [5, 5.41) is 11.1. The number of amides is 2. The molecular formula is C27H33ClN8O3S. The van der Waals surface area contributed by atoms with Crippen LogP contribution in [0.1, 0.15) is 48.0 Å². The smallest absolute Gasteiger partial charge is 0.265 e. The van der Waals surface area contributed by atoms with Crippen LogP contribution < -0.4 is 26.0 Å². The highest BCUT2D eigenvalue weighted by Crippen LogP contribution is 2.36. The third-order valence-corrected chi connectivity index (χ3v) is 9.07. The van der Waals surface area contributed by atoms with E-state index in [-0.39, 0.29) is 17.9 Å². The van der Waals surface area contributed by atoms with Crippen LogP contribution in [0.5, 0.6) is 5.75 Å². The van der Waals surface area contributed by atoms with Gasteiger partial charge in [0.05, 0.1) is 15.7 Å². The monoisotopic (exact) mass is 584 g/mol. The number of halogens is 1. The molecule has 0 aliphatic carbocycles. The molecule has 2 fully saturated rings. The summed E-state index contributed by atoms with van der Waals surface area (Å²) in [6, 6.07) is 4.02. The first kappa shape index (κ1) is 26.9. The third kappa shape index (κ3) is 5.35. The highest BCUT2D eigenvalue weighted by atomic mass is 35.5. The molecule has 2 saturated heterocycles. The number of rotatable bonds is 7. The van der Waals surface area contributed by atoms with Crippen molar-refractivity contribution in [2.75, 3.05) is 50.0 Å². The van der Waals surface area contributed by atoms with Crippen molar-refractivity contribution in [3.63, 3.8) is 0 Å². The van der Waals surface area contributed by atoms with Gasteiger partial charge in [-0.25, -0.2) is 9.50 Å². The third-order valence-electron chi connectivity index (χ3n) is 7.83. The number of anilines is 2. The molecule has 0 spiro atoms. The number of hydrogen-bond acceptors (Lipinski definition) is 9. The van der Waals surface area contributed by atoms with Crippen LogP contribution >= 0.6 is 22.9 Å². The minimum atomic E-state index is -0.177. The molecule has 11 nitrogen and oxygen atoms in total. The molecule has 13 heteroatoms. The molecule has 6 rings (SSSR count). The average Bonchev–Trinajstić information content (AvgIpc) is 3.74. The van der Waals surface area contributed by atoms with E-state index in [1.807, 2.05) is 4.52 Å². The maximum absolute atomic E-state index is 13.4. The maximum Gasteiger partial charge on any atom is 0.265 e. The first-order chi connectivity index (χ1) is 19.4. The average molecular weight is 585 g/mol. The number of nitrogens with zero attached hydrogens (tertiary/aromatic N) is 5. The topological polar surface area (TPSA) is 130 Å². The Kier molecular flexibility index (Phi) is 7.56. The maximum atomic E-state index is 13.4. The number of ether oxygens (including phenoxy) is 1. The Morgan fingerprint density at radius 1 is 1.30 bits per heavy atom. The van der Waals surface area contributed by atoms with Gasteiger partial charge in [0.25, 0.3) is 5.91 Å². The van der Waals surface area contributed by atoms with E-state index in [1.54, 1.807) is 17.9 Å². The SMILES string of the molecule is CC(=O)N1CC=C(c2cc(N3CCC[C@@H](NC(=O)c4sc(Cl)cc4OCC4CCCN4)C3)c3c(N)ncnn23)C1. The normalized spacial score (nSPS) is 21.2. The number of nitrogen functional groups attached to an aromatic ring is 1. The molecule has 4 N–H and O–H groups in total. The van der Waals surface area contributed by atoms with Crippen LogP contribution in [0, 0.1) is 0 Å². The fourth-order valence-electron chi connectivity index (χ4n) is 5.76. The summed E-state index contributed by atoms with van der Waals surface area (Å²) in [5.74, 6) is 0.776. The lowest BCUT2D eigenvalue weighted by atomic mass is 10.0. The van der Waals surface area contributed by atoms with Crippen LogP contribution in [0.3, 0.4) is 0 Å². The fourth-order valence-corrected chi connectivity index (χ4v) is 6.83. The molecule has 2 amide bonds. The molecule has 0 bridgehead atoms. The van der Waals surface area contributed by atoms with Crippen LogP contribution in [0.25, 0.3) is 11.1 Å². The van der Waals surface area contributed by atoms with Crippen molar-refractivity contribution < 1.29 is 14.3 Å². The summed E-state index contributed by atoms with van der Waals surface area (Å²) < 4.78 is 8.35. The van der Waals surface area contributed by atoms with Gasteiger partial charge in [-0.3, -0.25) is 9.59 Å². The lowest BCUT2D eigenvalue weighted by Crippen LogP contribution is -2.47. The number of nitrogens with two attached hydrogens (primary N) is 1. The lowest BCUT2D eigenvalue weighted by Gasteiger charge is -2.34. The summed E-state index contributed by atoms with van der Waals surface area (Å²) in [6.45, 7) is 5.60. The molecule has 40 heavy (non-hydrogen) atoms. The Labute approximate surface area is 241 Å². The zero-order valence-corrected chi connectivity index (χ0v) is 23.9. The molecular weight excluding hydrogens is 552 g/mol. The van der Waals surface area contributed by atoms with Crippen molar-refractivity contribution >= 4 is 57.3 Å². The summed E-state index contributed by atoms with van der Waals surface area (Å²) in [7, 11) is 0. The van der Waals surface area contributed by atoms with Gasteiger partial charge in [-0.15, -0.1) is 11.3 Å². The molecule has 0 aromatic carbocycles. The van der Waals surface area contributed by atoms with Crippen molar-refractivity contribution in [2.45, 2.75) is 44.7 Å². The summed E-state index contributed by atoms with van der Waals surface area (Å²) in [5.41, 5.74) is 9.91. The molecule has 0 saturated carbocycles. The van der Waals surface area contributed by atoms with E-state index in [1.165, 1.54) is 17.7 Å². The van der Waals surface area contributed by atoms with Crippen LogP contribution in [0.15, 0.2) is 24.5 Å². The van der Waals surface area contributed by atoms with Crippen molar-refractivity contribution in [2.24, 2.45) is 0 Å². The molecule has 3 aliphatic rings. The Bertz CT molecular complexity index is 1460. The molecule has 1 unspecified atom stereocenters. The van der Waals surface area contributed by atoms with Crippen molar-refractivity contribution in [3.05, 3.63) is 39.4 Å².